The molecule has 186 valence electrons. The van der Waals surface area contributed by atoms with Gasteiger partial charge in [-0.3, -0.25) is 14.4 Å². The van der Waals surface area contributed by atoms with Crippen LogP contribution in [0, 0.1) is 5.92 Å². The highest BCUT2D eigenvalue weighted by Gasteiger charge is 2.41. The van der Waals surface area contributed by atoms with E-state index in [4.69, 9.17) is 0 Å². The second kappa shape index (κ2) is 11.7. The van der Waals surface area contributed by atoms with E-state index in [0.29, 0.717) is 42.1 Å². The lowest BCUT2D eigenvalue weighted by molar-refractivity contribution is -0.185. The van der Waals surface area contributed by atoms with Gasteiger partial charge in [0.2, 0.25) is 11.8 Å². The van der Waals surface area contributed by atoms with Gasteiger partial charge in [0.25, 0.3) is 0 Å². The molecule has 0 aliphatic carbocycles. The molecule has 0 saturated carbocycles. The fourth-order valence-corrected chi connectivity index (χ4v) is 3.92. The Morgan fingerprint density at radius 3 is 2.37 bits per heavy atom. The van der Waals surface area contributed by atoms with Crippen LogP contribution < -0.4 is 5.32 Å². The molecule has 0 spiro atoms. The lowest BCUT2D eigenvalue weighted by atomic mass is 9.95. The van der Waals surface area contributed by atoms with Crippen LogP contribution in [-0.2, 0) is 20.9 Å². The molecular formula is C26H28F3N3O3. The Hall–Kier alpha value is -3.62. The van der Waals surface area contributed by atoms with Crippen molar-refractivity contribution in [1.29, 1.82) is 0 Å². The van der Waals surface area contributed by atoms with Crippen LogP contribution in [0.3, 0.4) is 0 Å². The van der Waals surface area contributed by atoms with Gasteiger partial charge in [-0.15, -0.1) is 0 Å². The van der Waals surface area contributed by atoms with E-state index in [9.17, 15) is 27.6 Å². The third kappa shape index (κ3) is 7.43. The summed E-state index contributed by atoms with van der Waals surface area (Å²) in [5, 5.41) is 2.81. The highest BCUT2D eigenvalue weighted by atomic mass is 19.4. The molecule has 0 radical (unpaired) electrons. The molecule has 0 unspecified atom stereocenters. The molecule has 0 atom stereocenters. The van der Waals surface area contributed by atoms with Gasteiger partial charge in [-0.2, -0.15) is 13.2 Å². The number of carbonyl (C=O) groups excluding carboxylic acids is 3. The monoisotopic (exact) mass is 487 g/mol. The third-order valence-corrected chi connectivity index (χ3v) is 5.87. The minimum atomic E-state index is -4.94. The second-order valence-electron chi connectivity index (χ2n) is 8.35. The molecule has 1 aliphatic heterocycles. The van der Waals surface area contributed by atoms with Gasteiger partial charge in [0.15, 0.2) is 0 Å². The molecule has 6 nitrogen and oxygen atoms in total. The van der Waals surface area contributed by atoms with E-state index in [1.165, 1.54) is 13.0 Å². The summed E-state index contributed by atoms with van der Waals surface area (Å²) >= 11 is 0. The highest BCUT2D eigenvalue weighted by Crippen LogP contribution is 2.23. The van der Waals surface area contributed by atoms with E-state index in [0.717, 1.165) is 5.56 Å². The number of likely N-dealkylation sites (tertiary alicyclic amines) is 1. The van der Waals surface area contributed by atoms with E-state index < -0.39 is 12.1 Å². The SMILES string of the molecule is CCN(Cc1cccc(NC(=O)C2CCN(C(=O)/C=C/c3ccccc3)CC2)c1)C(=O)C(F)(F)F. The van der Waals surface area contributed by atoms with Gasteiger partial charge < -0.3 is 15.1 Å². The van der Waals surface area contributed by atoms with Crippen molar-refractivity contribution in [3.8, 4) is 0 Å². The number of alkyl halides is 3. The Bertz CT molecular complexity index is 1060. The number of amides is 3. The lowest BCUT2D eigenvalue weighted by Crippen LogP contribution is -2.41. The standard InChI is InChI=1S/C26H28F3N3O3/c1-2-31(25(35)26(27,28)29)18-20-9-6-10-22(17-20)30-24(34)21-13-15-32(16-14-21)23(33)12-11-19-7-4-3-5-8-19/h3-12,17,21H,2,13-16,18H2,1H3,(H,30,34)/b12-11+. The molecule has 1 aliphatic rings. The van der Waals surface area contributed by atoms with E-state index in [2.05, 4.69) is 5.32 Å². The molecule has 1 N–H and O–H groups in total. The maximum atomic E-state index is 12.8. The van der Waals surface area contributed by atoms with Crippen molar-refractivity contribution in [2.24, 2.45) is 5.92 Å². The number of rotatable bonds is 7. The van der Waals surface area contributed by atoms with Crippen molar-refractivity contribution in [3.63, 3.8) is 0 Å². The summed E-state index contributed by atoms with van der Waals surface area (Å²) in [7, 11) is 0. The molecule has 9 heteroatoms. The van der Waals surface area contributed by atoms with Crippen LogP contribution in [0.4, 0.5) is 18.9 Å². The molecule has 1 fully saturated rings. The van der Waals surface area contributed by atoms with Crippen LogP contribution in [0.15, 0.2) is 60.7 Å². The summed E-state index contributed by atoms with van der Waals surface area (Å²) in [4.78, 5) is 39.2. The van der Waals surface area contributed by atoms with Gasteiger partial charge in [-0.1, -0.05) is 42.5 Å². The fourth-order valence-electron chi connectivity index (χ4n) is 3.92. The van der Waals surface area contributed by atoms with Crippen LogP contribution >= 0.6 is 0 Å². The first-order chi connectivity index (χ1) is 16.7. The van der Waals surface area contributed by atoms with Crippen LogP contribution in [0.2, 0.25) is 0 Å². The number of hydrogen-bond donors (Lipinski definition) is 1. The summed E-state index contributed by atoms with van der Waals surface area (Å²) in [6.07, 6.45) is -0.615. The number of benzene rings is 2. The maximum Gasteiger partial charge on any atom is 0.471 e. The Kier molecular flexibility index (Phi) is 8.68. The average Bonchev–Trinajstić information content (AvgIpc) is 2.85. The fraction of sp³-hybridized carbons (Fsp3) is 0.346. The van der Waals surface area contributed by atoms with Crippen molar-refractivity contribution in [2.45, 2.75) is 32.5 Å². The number of piperidine rings is 1. The number of halogens is 3. The summed E-state index contributed by atoms with van der Waals surface area (Å²) in [5.41, 5.74) is 1.86. The summed E-state index contributed by atoms with van der Waals surface area (Å²) < 4.78 is 38.3. The van der Waals surface area contributed by atoms with Crippen LogP contribution in [0.25, 0.3) is 6.08 Å². The summed E-state index contributed by atoms with van der Waals surface area (Å²) in [5.74, 6) is -2.48. The zero-order valence-corrected chi connectivity index (χ0v) is 19.4. The molecule has 0 bridgehead atoms. The quantitative estimate of drug-likeness (QED) is 0.586. The van der Waals surface area contributed by atoms with Gasteiger partial charge in [-0.05, 0) is 49.1 Å². The Morgan fingerprint density at radius 1 is 1.06 bits per heavy atom. The molecule has 1 heterocycles. The van der Waals surface area contributed by atoms with E-state index in [-0.39, 0.29) is 30.8 Å². The molecule has 2 aromatic carbocycles. The first-order valence-electron chi connectivity index (χ1n) is 11.5. The third-order valence-electron chi connectivity index (χ3n) is 5.87. The van der Waals surface area contributed by atoms with Crippen molar-refractivity contribution in [2.75, 3.05) is 25.0 Å². The average molecular weight is 488 g/mol. The van der Waals surface area contributed by atoms with Gasteiger partial charge in [0.05, 0.1) is 0 Å². The van der Waals surface area contributed by atoms with Crippen molar-refractivity contribution >= 4 is 29.5 Å². The predicted molar refractivity (Wildman–Crippen MR) is 127 cm³/mol. The number of nitrogens with one attached hydrogen (secondary N) is 1. The van der Waals surface area contributed by atoms with Crippen LogP contribution in [0.1, 0.15) is 30.9 Å². The van der Waals surface area contributed by atoms with Crippen LogP contribution in [-0.4, -0.2) is 53.3 Å². The van der Waals surface area contributed by atoms with Crippen molar-refractivity contribution in [1.82, 2.24) is 9.80 Å². The Balaban J connectivity index is 1.52. The van der Waals surface area contributed by atoms with Crippen molar-refractivity contribution in [3.05, 3.63) is 71.8 Å². The normalized spacial score (nSPS) is 14.7. The molecule has 1 saturated heterocycles. The molecule has 35 heavy (non-hydrogen) atoms. The molecule has 3 amide bonds. The molecule has 3 rings (SSSR count). The molecule has 2 aromatic rings. The van der Waals surface area contributed by atoms with Crippen molar-refractivity contribution < 1.29 is 27.6 Å². The Labute approximate surface area is 202 Å². The minimum Gasteiger partial charge on any atom is -0.339 e. The van der Waals surface area contributed by atoms with E-state index in [1.807, 2.05) is 30.3 Å². The lowest BCUT2D eigenvalue weighted by Gasteiger charge is -2.30. The van der Waals surface area contributed by atoms with Crippen LogP contribution in [0.5, 0.6) is 0 Å². The first-order valence-corrected chi connectivity index (χ1v) is 11.5. The predicted octanol–water partition coefficient (Wildman–Crippen LogP) is 4.49. The van der Waals surface area contributed by atoms with Gasteiger partial charge in [-0.25, -0.2) is 0 Å². The van der Waals surface area contributed by atoms with Gasteiger partial charge in [0.1, 0.15) is 0 Å². The van der Waals surface area contributed by atoms with Gasteiger partial charge >= 0.3 is 12.1 Å². The number of nitrogens with zero attached hydrogens (tertiary/aromatic N) is 2. The molecular weight excluding hydrogens is 459 g/mol. The maximum absolute atomic E-state index is 12.8. The number of anilines is 1. The largest absolute Gasteiger partial charge is 0.471 e. The number of hydrogen-bond acceptors (Lipinski definition) is 3. The van der Waals surface area contributed by atoms with E-state index in [1.54, 1.807) is 35.2 Å². The zero-order valence-electron chi connectivity index (χ0n) is 19.4. The second-order valence-corrected chi connectivity index (χ2v) is 8.35. The minimum absolute atomic E-state index is 0.0905. The smallest absolute Gasteiger partial charge is 0.339 e. The first kappa shape index (κ1) is 26.0. The highest BCUT2D eigenvalue weighted by molar-refractivity contribution is 5.94. The number of carbonyl (C=O) groups is 3. The summed E-state index contributed by atoms with van der Waals surface area (Å²) in [6.45, 7) is 2.09. The Morgan fingerprint density at radius 2 is 1.74 bits per heavy atom. The van der Waals surface area contributed by atoms with Gasteiger partial charge in [0, 0.05) is 43.9 Å². The zero-order chi connectivity index (χ0) is 25.4. The molecule has 0 aromatic heterocycles. The van der Waals surface area contributed by atoms with E-state index >= 15 is 0 Å². The topological polar surface area (TPSA) is 69.7 Å². The summed E-state index contributed by atoms with van der Waals surface area (Å²) in [6, 6.07) is 15.9.